The minimum Gasteiger partial charge on any atom is -0.479 e. The number of aromatic nitrogens is 5. The molecule has 3 N–H and O–H groups in total. The third-order valence-corrected chi connectivity index (χ3v) is 8.02. The molecule has 14 nitrogen and oxygen atoms in total. The second-order valence-corrected chi connectivity index (χ2v) is 12.4. The molecule has 0 radical (unpaired) electrons. The minimum absolute atomic E-state index is 0.0684. The molecule has 0 bridgehead atoms. The van der Waals surface area contributed by atoms with E-state index in [9.17, 15) is 24.3 Å². The maximum Gasteiger partial charge on any atom is 0.408 e. The van der Waals surface area contributed by atoms with Gasteiger partial charge in [0.1, 0.15) is 23.2 Å². The van der Waals surface area contributed by atoms with Gasteiger partial charge in [-0.1, -0.05) is 25.0 Å². The van der Waals surface area contributed by atoms with Crippen LogP contribution >= 0.6 is 0 Å². The zero-order valence-corrected chi connectivity index (χ0v) is 24.6. The lowest BCUT2D eigenvalue weighted by molar-refractivity contribution is -0.145. The van der Waals surface area contributed by atoms with E-state index in [2.05, 4.69) is 31.0 Å². The van der Waals surface area contributed by atoms with Gasteiger partial charge < -0.3 is 25.4 Å². The van der Waals surface area contributed by atoms with Crippen LogP contribution in [0.5, 0.6) is 0 Å². The number of carboxylic acids is 1. The van der Waals surface area contributed by atoms with Gasteiger partial charge in [0.05, 0.1) is 6.04 Å². The summed E-state index contributed by atoms with van der Waals surface area (Å²) in [4.78, 5) is 59.7. The Kier molecular flexibility index (Phi) is 8.47. The van der Waals surface area contributed by atoms with Gasteiger partial charge in [0.2, 0.25) is 17.6 Å². The van der Waals surface area contributed by atoms with Crippen molar-refractivity contribution in [1.82, 2.24) is 40.7 Å². The summed E-state index contributed by atoms with van der Waals surface area (Å²) in [5.41, 5.74) is -1.48. The second-order valence-electron chi connectivity index (χ2n) is 12.4. The minimum atomic E-state index is -1.42. The fourth-order valence-corrected chi connectivity index (χ4v) is 5.69. The van der Waals surface area contributed by atoms with E-state index in [1.54, 1.807) is 45.3 Å². The number of ether oxygens (including phenoxy) is 1. The molecule has 3 aliphatic rings. The Morgan fingerprint density at radius 3 is 2.65 bits per heavy atom. The van der Waals surface area contributed by atoms with E-state index in [-0.39, 0.29) is 25.3 Å². The molecule has 2 aromatic heterocycles. The van der Waals surface area contributed by atoms with Gasteiger partial charge in [-0.15, -0.1) is 10.2 Å². The van der Waals surface area contributed by atoms with Crippen LogP contribution in [0, 0.1) is 5.92 Å². The Morgan fingerprint density at radius 1 is 1.16 bits per heavy atom. The number of fused-ring (bicyclic) bond motifs is 2. The van der Waals surface area contributed by atoms with Gasteiger partial charge in [0.25, 0.3) is 0 Å². The van der Waals surface area contributed by atoms with E-state index in [0.29, 0.717) is 24.2 Å². The Labute approximate surface area is 249 Å². The Balaban J connectivity index is 1.44. The van der Waals surface area contributed by atoms with Crippen molar-refractivity contribution in [2.45, 2.75) is 95.0 Å². The highest BCUT2D eigenvalue weighted by Crippen LogP contribution is 2.45. The molecule has 1 saturated heterocycles. The first-order valence-electron chi connectivity index (χ1n) is 14.7. The molecule has 2 aromatic rings. The van der Waals surface area contributed by atoms with Gasteiger partial charge in [0, 0.05) is 36.8 Å². The number of carbonyl (C=O) groups excluding carboxylic acids is 3. The maximum absolute atomic E-state index is 14.1. The van der Waals surface area contributed by atoms with Gasteiger partial charge in [-0.2, -0.15) is 4.80 Å². The standard InChI is InChI=1S/C29H38N8O6/c1-28(2,3)43-27(42)31-21-10-8-6-4-5-7-9-19-16-29(19,26(40)41)32-24(38)22-15-20(17-36(22)25(21)39)37-34-23(33-35-37)18-11-13-30-14-12-18/h7,9,11-14,19-22H,4-6,8,10,15-17H2,1-3H3,(H,31,42)(H,32,38)(H,40,41)/b9-7-/t19-,20+,21+,22+,29+/m1/s1. The molecule has 4 heterocycles. The number of aliphatic carboxylic acids is 1. The molecule has 43 heavy (non-hydrogen) atoms. The number of hydrogen-bond acceptors (Lipinski definition) is 9. The van der Waals surface area contributed by atoms with Gasteiger partial charge >= 0.3 is 12.1 Å². The first kappa shape index (κ1) is 30.1. The third kappa shape index (κ3) is 6.83. The van der Waals surface area contributed by atoms with Crippen LogP contribution in [-0.4, -0.2) is 88.8 Å². The summed E-state index contributed by atoms with van der Waals surface area (Å²) >= 11 is 0. The number of alkyl carbamates (subject to hydrolysis) is 1. The highest BCUT2D eigenvalue weighted by atomic mass is 16.6. The van der Waals surface area contributed by atoms with E-state index in [0.717, 1.165) is 19.3 Å². The van der Waals surface area contributed by atoms with Crippen LogP contribution in [0.1, 0.15) is 71.8 Å². The normalized spacial score (nSPS) is 28.9. The quantitative estimate of drug-likeness (QED) is 0.444. The van der Waals surface area contributed by atoms with Crippen molar-refractivity contribution in [2.24, 2.45) is 5.92 Å². The summed E-state index contributed by atoms with van der Waals surface area (Å²) in [7, 11) is 0. The average molecular weight is 595 g/mol. The highest BCUT2D eigenvalue weighted by molar-refractivity contribution is 5.96. The molecule has 2 fully saturated rings. The summed E-state index contributed by atoms with van der Waals surface area (Å²) in [6.45, 7) is 5.27. The van der Waals surface area contributed by atoms with Crippen molar-refractivity contribution in [3.05, 3.63) is 36.7 Å². The largest absolute Gasteiger partial charge is 0.479 e. The molecule has 5 atom stereocenters. The number of carbonyl (C=O) groups is 4. The summed E-state index contributed by atoms with van der Waals surface area (Å²) in [6.07, 6.45) is 10.1. The second kappa shape index (κ2) is 12.1. The molecule has 0 aromatic carbocycles. The zero-order valence-electron chi connectivity index (χ0n) is 24.6. The van der Waals surface area contributed by atoms with Crippen LogP contribution < -0.4 is 10.6 Å². The van der Waals surface area contributed by atoms with E-state index in [1.807, 2.05) is 12.2 Å². The fraction of sp³-hybridized carbons (Fsp3) is 0.586. The molecule has 2 aliphatic heterocycles. The van der Waals surface area contributed by atoms with Gasteiger partial charge in [-0.3, -0.25) is 14.6 Å². The van der Waals surface area contributed by atoms with Gasteiger partial charge in [0.15, 0.2) is 0 Å². The molecule has 0 unspecified atom stereocenters. The highest BCUT2D eigenvalue weighted by Gasteiger charge is 2.61. The number of carboxylic acid groups (broad SMARTS) is 1. The van der Waals surface area contributed by atoms with Crippen LogP contribution in [0.15, 0.2) is 36.7 Å². The van der Waals surface area contributed by atoms with Crippen molar-refractivity contribution in [3.8, 4) is 11.4 Å². The number of pyridine rings is 1. The van der Waals surface area contributed by atoms with Gasteiger partial charge in [-0.25, -0.2) is 9.59 Å². The zero-order chi connectivity index (χ0) is 30.8. The van der Waals surface area contributed by atoms with Gasteiger partial charge in [-0.05, 0) is 63.8 Å². The molecule has 3 amide bonds. The molecule has 1 saturated carbocycles. The molecular formula is C29H38N8O6. The van der Waals surface area contributed by atoms with E-state index < -0.39 is 53.1 Å². The fourth-order valence-electron chi connectivity index (χ4n) is 5.69. The third-order valence-electron chi connectivity index (χ3n) is 8.02. The molecule has 5 rings (SSSR count). The number of nitrogens with zero attached hydrogens (tertiary/aromatic N) is 6. The van der Waals surface area contributed by atoms with Crippen LogP contribution in [0.2, 0.25) is 0 Å². The van der Waals surface area contributed by atoms with Crippen molar-refractivity contribution in [3.63, 3.8) is 0 Å². The maximum atomic E-state index is 14.1. The summed E-state index contributed by atoms with van der Waals surface area (Å²) in [5, 5.41) is 28.4. The summed E-state index contributed by atoms with van der Waals surface area (Å²) in [5.74, 6) is -2.11. The SMILES string of the molecule is CC(C)(C)OC(=O)N[C@H]1CCCCC/C=C\[C@@H]2C[C@]2(C(=O)O)NC(=O)[C@@H]2C[C@H](n3nnc(-c4ccncc4)n3)CN2C1=O. The van der Waals surface area contributed by atoms with E-state index >= 15 is 0 Å². The molecule has 14 heteroatoms. The first-order valence-corrected chi connectivity index (χ1v) is 14.7. The van der Waals surface area contributed by atoms with Crippen LogP contribution in [0.25, 0.3) is 11.4 Å². The first-order chi connectivity index (χ1) is 20.5. The Hall–Kier alpha value is -4.36. The van der Waals surface area contributed by atoms with Crippen LogP contribution in [0.4, 0.5) is 4.79 Å². The van der Waals surface area contributed by atoms with Crippen molar-refractivity contribution < 1.29 is 29.0 Å². The summed E-state index contributed by atoms with van der Waals surface area (Å²) in [6, 6.07) is 1.02. The topological polar surface area (TPSA) is 182 Å². The van der Waals surface area contributed by atoms with Crippen molar-refractivity contribution in [1.29, 1.82) is 0 Å². The number of tetrazole rings is 1. The lowest BCUT2D eigenvalue weighted by Gasteiger charge is -2.30. The number of rotatable bonds is 4. The molecule has 230 valence electrons. The lowest BCUT2D eigenvalue weighted by Crippen LogP contribution is -2.56. The van der Waals surface area contributed by atoms with E-state index in [1.165, 1.54) is 9.70 Å². The van der Waals surface area contributed by atoms with Crippen LogP contribution in [0.3, 0.4) is 0 Å². The molecule has 1 aliphatic carbocycles. The lowest BCUT2D eigenvalue weighted by atomic mass is 10.0. The Bertz CT molecular complexity index is 1390. The smallest absolute Gasteiger partial charge is 0.408 e. The van der Waals surface area contributed by atoms with Crippen molar-refractivity contribution >= 4 is 23.9 Å². The number of amides is 3. The number of hydrogen-bond donors (Lipinski definition) is 3. The van der Waals surface area contributed by atoms with Crippen LogP contribution in [-0.2, 0) is 19.1 Å². The monoisotopic (exact) mass is 594 g/mol. The van der Waals surface area contributed by atoms with E-state index in [4.69, 9.17) is 4.74 Å². The predicted molar refractivity (Wildman–Crippen MR) is 152 cm³/mol. The predicted octanol–water partition coefficient (Wildman–Crippen LogP) is 2.25. The number of nitrogens with one attached hydrogen (secondary N) is 2. The number of allylic oxidation sites excluding steroid dienone is 1. The molecular weight excluding hydrogens is 556 g/mol. The summed E-state index contributed by atoms with van der Waals surface area (Å²) < 4.78 is 5.43. The van der Waals surface area contributed by atoms with Crippen molar-refractivity contribution in [2.75, 3.05) is 6.54 Å². The average Bonchev–Trinajstić information content (AvgIpc) is 3.28. The molecule has 0 spiro atoms. The Morgan fingerprint density at radius 2 is 1.93 bits per heavy atom.